The maximum Gasteiger partial charge on any atom is 0.234 e. The Labute approximate surface area is 101 Å². The molecule has 3 nitrogen and oxygen atoms in total. The largest absolute Gasteiger partial charge is 0.393 e. The van der Waals surface area contributed by atoms with Crippen molar-refractivity contribution in [3.63, 3.8) is 0 Å². The van der Waals surface area contributed by atoms with Crippen molar-refractivity contribution in [2.45, 2.75) is 13.8 Å². The van der Waals surface area contributed by atoms with Crippen molar-refractivity contribution in [1.82, 2.24) is 0 Å². The molecular formula is C12H16N2OS. The fourth-order valence-corrected chi connectivity index (χ4v) is 1.88. The Kier molecular flexibility index (Phi) is 4.43. The third kappa shape index (κ3) is 3.31. The lowest BCUT2D eigenvalue weighted by molar-refractivity contribution is -0.118. The summed E-state index contributed by atoms with van der Waals surface area (Å²) in [6, 6.07) is 9.27. The zero-order valence-corrected chi connectivity index (χ0v) is 10.3. The highest BCUT2D eigenvalue weighted by atomic mass is 32.1. The number of rotatable bonds is 4. The highest BCUT2D eigenvalue weighted by molar-refractivity contribution is 7.80. The van der Waals surface area contributed by atoms with Crippen LogP contribution in [-0.4, -0.2) is 10.9 Å². The van der Waals surface area contributed by atoms with Gasteiger partial charge in [-0.05, 0) is 18.1 Å². The van der Waals surface area contributed by atoms with Gasteiger partial charge in [-0.3, -0.25) is 4.79 Å². The minimum absolute atomic E-state index is 0.0983. The summed E-state index contributed by atoms with van der Waals surface area (Å²) < 4.78 is 0. The van der Waals surface area contributed by atoms with Gasteiger partial charge in [0.1, 0.15) is 0 Å². The van der Waals surface area contributed by atoms with Gasteiger partial charge in [0.25, 0.3) is 0 Å². The molecule has 0 heterocycles. The van der Waals surface area contributed by atoms with Crippen LogP contribution in [0.1, 0.15) is 13.8 Å². The van der Waals surface area contributed by atoms with Crippen LogP contribution in [0.2, 0.25) is 0 Å². The number of amides is 1. The van der Waals surface area contributed by atoms with E-state index in [4.69, 9.17) is 18.0 Å². The zero-order chi connectivity index (χ0) is 12.1. The molecule has 0 fully saturated rings. The topological polar surface area (TPSA) is 55.1 Å². The summed E-state index contributed by atoms with van der Waals surface area (Å²) in [6.07, 6.45) is 0. The standard InChI is InChI=1S/C12H16N2OS/c1-8(2)10(11(13)16)12(15)14-9-6-4-3-5-7-9/h3-8,10H,1-2H3,(H2,13,16)(H,14,15). The number of benzene rings is 1. The van der Waals surface area contributed by atoms with Crippen LogP contribution in [0.5, 0.6) is 0 Å². The van der Waals surface area contributed by atoms with Crippen LogP contribution in [0.25, 0.3) is 0 Å². The van der Waals surface area contributed by atoms with Crippen molar-refractivity contribution in [2.75, 3.05) is 5.32 Å². The summed E-state index contributed by atoms with van der Waals surface area (Å²) in [6.45, 7) is 3.85. The van der Waals surface area contributed by atoms with Gasteiger partial charge in [-0.15, -0.1) is 0 Å². The molecule has 1 aromatic carbocycles. The molecule has 1 atom stereocenters. The van der Waals surface area contributed by atoms with E-state index >= 15 is 0 Å². The highest BCUT2D eigenvalue weighted by Gasteiger charge is 2.24. The Hall–Kier alpha value is -1.42. The van der Waals surface area contributed by atoms with Gasteiger partial charge in [0.15, 0.2) is 0 Å². The van der Waals surface area contributed by atoms with Gasteiger partial charge < -0.3 is 11.1 Å². The molecule has 0 aromatic heterocycles. The lowest BCUT2D eigenvalue weighted by Crippen LogP contribution is -2.36. The number of carbonyl (C=O) groups is 1. The van der Waals surface area contributed by atoms with E-state index in [1.807, 2.05) is 44.2 Å². The summed E-state index contributed by atoms with van der Waals surface area (Å²) in [7, 11) is 0. The molecule has 1 amide bonds. The van der Waals surface area contributed by atoms with Crippen molar-refractivity contribution in [2.24, 2.45) is 17.6 Å². The van der Waals surface area contributed by atoms with Gasteiger partial charge in [0.05, 0.1) is 10.9 Å². The van der Waals surface area contributed by atoms with Crippen molar-refractivity contribution in [3.8, 4) is 0 Å². The first-order valence-corrected chi connectivity index (χ1v) is 5.58. The molecule has 0 saturated heterocycles. The summed E-state index contributed by atoms with van der Waals surface area (Å²) in [4.78, 5) is 12.2. The third-order valence-electron chi connectivity index (χ3n) is 2.30. The minimum Gasteiger partial charge on any atom is -0.393 e. The molecule has 16 heavy (non-hydrogen) atoms. The molecule has 1 aromatic rings. The van der Waals surface area contributed by atoms with Crippen LogP contribution in [0, 0.1) is 11.8 Å². The number of hydrogen-bond donors (Lipinski definition) is 2. The van der Waals surface area contributed by atoms with Crippen molar-refractivity contribution in [3.05, 3.63) is 30.3 Å². The fourth-order valence-electron chi connectivity index (χ4n) is 1.50. The van der Waals surface area contributed by atoms with Crippen LogP contribution in [0.3, 0.4) is 0 Å². The lowest BCUT2D eigenvalue weighted by Gasteiger charge is -2.18. The van der Waals surface area contributed by atoms with E-state index in [1.165, 1.54) is 0 Å². The number of para-hydroxylation sites is 1. The molecular weight excluding hydrogens is 220 g/mol. The second-order valence-electron chi connectivity index (χ2n) is 3.98. The van der Waals surface area contributed by atoms with Gasteiger partial charge in [-0.25, -0.2) is 0 Å². The lowest BCUT2D eigenvalue weighted by atomic mass is 9.95. The number of nitrogens with one attached hydrogen (secondary N) is 1. The first kappa shape index (κ1) is 12.6. The van der Waals surface area contributed by atoms with Gasteiger partial charge in [0.2, 0.25) is 5.91 Å². The minimum atomic E-state index is -0.421. The number of thiocarbonyl (C=S) groups is 1. The first-order chi connectivity index (χ1) is 7.52. The third-order valence-corrected chi connectivity index (χ3v) is 2.55. The number of nitrogens with two attached hydrogens (primary N) is 1. The first-order valence-electron chi connectivity index (χ1n) is 5.17. The summed E-state index contributed by atoms with van der Waals surface area (Å²) in [5.74, 6) is -0.467. The smallest absolute Gasteiger partial charge is 0.234 e. The molecule has 0 bridgehead atoms. The zero-order valence-electron chi connectivity index (χ0n) is 9.44. The van der Waals surface area contributed by atoms with Crippen LogP contribution in [0.4, 0.5) is 5.69 Å². The van der Waals surface area contributed by atoms with Crippen molar-refractivity contribution in [1.29, 1.82) is 0 Å². The molecule has 0 aliphatic rings. The Morgan fingerprint density at radius 1 is 1.31 bits per heavy atom. The van der Waals surface area contributed by atoms with Crippen molar-refractivity contribution < 1.29 is 4.79 Å². The Bertz CT molecular complexity index is 376. The summed E-state index contributed by atoms with van der Waals surface area (Å²) >= 11 is 4.90. The second-order valence-corrected chi connectivity index (χ2v) is 4.45. The van der Waals surface area contributed by atoms with E-state index in [2.05, 4.69) is 5.32 Å². The molecule has 0 aliphatic carbocycles. The predicted molar refractivity (Wildman–Crippen MR) is 70.2 cm³/mol. The Morgan fingerprint density at radius 3 is 2.31 bits per heavy atom. The molecule has 0 spiro atoms. The van der Waals surface area contributed by atoms with Crippen LogP contribution in [-0.2, 0) is 4.79 Å². The second kappa shape index (κ2) is 5.61. The van der Waals surface area contributed by atoms with E-state index in [0.29, 0.717) is 0 Å². The molecule has 0 saturated carbocycles. The highest BCUT2D eigenvalue weighted by Crippen LogP contribution is 2.15. The normalized spacial score (nSPS) is 12.2. The molecule has 0 radical (unpaired) electrons. The predicted octanol–water partition coefficient (Wildman–Crippen LogP) is 2.18. The monoisotopic (exact) mass is 236 g/mol. The number of hydrogen-bond acceptors (Lipinski definition) is 2. The summed E-state index contributed by atoms with van der Waals surface area (Å²) in [5.41, 5.74) is 6.32. The maximum atomic E-state index is 11.9. The van der Waals surface area contributed by atoms with Gasteiger partial charge in [-0.2, -0.15) is 0 Å². The molecule has 86 valence electrons. The van der Waals surface area contributed by atoms with Crippen LogP contribution in [0.15, 0.2) is 30.3 Å². The van der Waals surface area contributed by atoms with Crippen LogP contribution >= 0.6 is 12.2 Å². The van der Waals surface area contributed by atoms with E-state index in [9.17, 15) is 4.79 Å². The fraction of sp³-hybridized carbons (Fsp3) is 0.333. The molecule has 1 rings (SSSR count). The maximum absolute atomic E-state index is 11.9. The van der Waals surface area contributed by atoms with E-state index < -0.39 is 5.92 Å². The van der Waals surface area contributed by atoms with Gasteiger partial charge >= 0.3 is 0 Å². The average Bonchev–Trinajstić information content (AvgIpc) is 2.17. The number of anilines is 1. The quantitative estimate of drug-likeness (QED) is 0.788. The van der Waals surface area contributed by atoms with E-state index in [1.54, 1.807) is 0 Å². The molecule has 1 unspecified atom stereocenters. The Morgan fingerprint density at radius 2 is 1.88 bits per heavy atom. The van der Waals surface area contributed by atoms with Gasteiger partial charge in [0, 0.05) is 5.69 Å². The Balaban J connectivity index is 2.74. The SMILES string of the molecule is CC(C)C(C(=O)Nc1ccccc1)C(N)=S. The van der Waals surface area contributed by atoms with Crippen molar-refractivity contribution >= 4 is 28.8 Å². The van der Waals surface area contributed by atoms with Crippen LogP contribution < -0.4 is 11.1 Å². The van der Waals surface area contributed by atoms with E-state index in [-0.39, 0.29) is 16.8 Å². The molecule has 3 N–H and O–H groups in total. The summed E-state index contributed by atoms with van der Waals surface area (Å²) in [5, 5.41) is 2.80. The molecule has 0 aliphatic heterocycles. The number of carbonyl (C=O) groups excluding carboxylic acids is 1. The molecule has 4 heteroatoms. The van der Waals surface area contributed by atoms with E-state index in [0.717, 1.165) is 5.69 Å². The van der Waals surface area contributed by atoms with Gasteiger partial charge in [-0.1, -0.05) is 44.3 Å². The average molecular weight is 236 g/mol.